The Balaban J connectivity index is 1.38. The van der Waals surface area contributed by atoms with Crippen LogP contribution in [0.5, 0.6) is 0 Å². The van der Waals surface area contributed by atoms with Gasteiger partial charge in [0.25, 0.3) is 11.8 Å². The van der Waals surface area contributed by atoms with Gasteiger partial charge in [-0.05, 0) is 63.8 Å². The number of carbonyl (C=O) groups is 4. The molecule has 0 bridgehead atoms. The Kier molecular flexibility index (Phi) is 13.2. The number of anilines is 1. The molecule has 0 fully saturated rings. The number of carbonyl (C=O) groups excluding carboxylic acids is 4. The second-order valence-corrected chi connectivity index (χ2v) is 9.53. The summed E-state index contributed by atoms with van der Waals surface area (Å²) in [6, 6.07) is 7.60. The molecule has 0 saturated heterocycles. The molecule has 0 atom stereocenters. The minimum absolute atomic E-state index is 0.0649. The van der Waals surface area contributed by atoms with Crippen LogP contribution in [0.2, 0.25) is 0 Å². The second kappa shape index (κ2) is 15.8. The lowest BCUT2D eigenvalue weighted by Crippen LogP contribution is -2.32. The number of nitrogens with zero attached hydrogens (tertiary/aromatic N) is 1. The van der Waals surface area contributed by atoms with Crippen molar-refractivity contribution in [3.63, 3.8) is 0 Å². The minimum Gasteiger partial charge on any atom is -0.379 e. The van der Waals surface area contributed by atoms with E-state index in [0.29, 0.717) is 58.8 Å². The van der Waals surface area contributed by atoms with Gasteiger partial charge >= 0.3 is 0 Å². The first-order valence-corrected chi connectivity index (χ1v) is 13.1. The van der Waals surface area contributed by atoms with E-state index in [1.807, 2.05) is 31.2 Å². The van der Waals surface area contributed by atoms with Gasteiger partial charge in [0.15, 0.2) is 0 Å². The van der Waals surface area contributed by atoms with Crippen molar-refractivity contribution >= 4 is 61.2 Å². The molecule has 2 N–H and O–H groups in total. The summed E-state index contributed by atoms with van der Waals surface area (Å²) in [4.78, 5) is 48.7. The molecule has 0 aromatic heterocycles. The maximum absolute atomic E-state index is 11.9. The van der Waals surface area contributed by atoms with Crippen LogP contribution in [0.15, 0.2) is 33.2 Å². The van der Waals surface area contributed by atoms with Gasteiger partial charge in [0.1, 0.15) is 8.96 Å². The van der Waals surface area contributed by atoms with E-state index in [4.69, 9.17) is 9.47 Å². The van der Waals surface area contributed by atoms with Gasteiger partial charge in [-0.2, -0.15) is 0 Å². The molecule has 9 nitrogen and oxygen atoms in total. The lowest BCUT2D eigenvalue weighted by molar-refractivity contribution is -0.137. The van der Waals surface area contributed by atoms with Crippen molar-refractivity contribution in [2.45, 2.75) is 39.0 Å². The molecule has 2 rings (SSSR count). The van der Waals surface area contributed by atoms with Crippen molar-refractivity contribution in [1.29, 1.82) is 0 Å². The number of halogens is 2. The van der Waals surface area contributed by atoms with E-state index < -0.39 is 0 Å². The van der Waals surface area contributed by atoms with Crippen molar-refractivity contribution in [1.82, 2.24) is 10.2 Å². The molecule has 1 aliphatic heterocycles. The van der Waals surface area contributed by atoms with E-state index in [1.165, 1.54) is 4.90 Å². The number of amides is 4. The highest BCUT2D eigenvalue weighted by atomic mass is 79.9. The number of unbranched alkanes of at least 4 members (excludes halogenated alkanes) is 2. The highest BCUT2D eigenvalue weighted by Gasteiger charge is 2.35. The molecule has 0 radical (unpaired) electrons. The highest BCUT2D eigenvalue weighted by Crippen LogP contribution is 2.29. The van der Waals surface area contributed by atoms with E-state index in [0.717, 1.165) is 17.7 Å². The fourth-order valence-electron chi connectivity index (χ4n) is 3.15. The molecular formula is C24H31Br2N3O6. The van der Waals surface area contributed by atoms with Crippen LogP contribution in [0.25, 0.3) is 0 Å². The maximum Gasteiger partial charge on any atom is 0.269 e. The van der Waals surface area contributed by atoms with E-state index >= 15 is 0 Å². The molecule has 11 heteroatoms. The van der Waals surface area contributed by atoms with E-state index in [-0.39, 0.29) is 39.0 Å². The number of hydrogen-bond donors (Lipinski definition) is 2. The molecule has 35 heavy (non-hydrogen) atoms. The summed E-state index contributed by atoms with van der Waals surface area (Å²) in [6.07, 6.45) is 2.69. The standard InChI is InChI=1S/C24H31Br2N3O6/c1-17-6-8-18(9-7-17)28-20(31)10-13-34-15-16-35-14-11-27-19(30)5-3-2-4-12-29-23(32)21(25)22(26)24(29)33/h6-9H,2-5,10-16H2,1H3,(H,27,30)(H,28,31). The summed E-state index contributed by atoms with van der Waals surface area (Å²) >= 11 is 6.19. The molecule has 4 amide bonds. The predicted molar refractivity (Wildman–Crippen MR) is 139 cm³/mol. The summed E-state index contributed by atoms with van der Waals surface area (Å²) in [5.74, 6) is -0.846. The van der Waals surface area contributed by atoms with Gasteiger partial charge < -0.3 is 20.1 Å². The van der Waals surface area contributed by atoms with E-state index in [2.05, 4.69) is 42.5 Å². The van der Waals surface area contributed by atoms with Crippen molar-refractivity contribution in [3.8, 4) is 0 Å². The van der Waals surface area contributed by atoms with Gasteiger partial charge in [-0.3, -0.25) is 24.1 Å². The molecule has 1 heterocycles. The molecular weight excluding hydrogens is 586 g/mol. The summed E-state index contributed by atoms with van der Waals surface area (Å²) in [7, 11) is 0. The quantitative estimate of drug-likeness (QED) is 0.217. The third kappa shape index (κ3) is 10.6. The number of nitrogens with one attached hydrogen (secondary N) is 2. The molecule has 0 unspecified atom stereocenters. The zero-order chi connectivity index (χ0) is 25.6. The predicted octanol–water partition coefficient (Wildman–Crippen LogP) is 3.40. The van der Waals surface area contributed by atoms with Crippen molar-refractivity contribution < 1.29 is 28.7 Å². The first kappa shape index (κ1) is 29.2. The summed E-state index contributed by atoms with van der Waals surface area (Å²) < 4.78 is 11.3. The van der Waals surface area contributed by atoms with Crippen LogP contribution in [0.1, 0.15) is 37.7 Å². The maximum atomic E-state index is 11.9. The summed E-state index contributed by atoms with van der Waals surface area (Å²) in [6.45, 7) is 4.16. The number of imide groups is 1. The van der Waals surface area contributed by atoms with Crippen molar-refractivity contribution in [3.05, 3.63) is 38.8 Å². The Morgan fingerprint density at radius 2 is 1.46 bits per heavy atom. The fourth-order valence-corrected chi connectivity index (χ4v) is 3.92. The Labute approximate surface area is 222 Å². The summed E-state index contributed by atoms with van der Waals surface area (Å²) in [5.41, 5.74) is 1.90. The number of hydrogen-bond acceptors (Lipinski definition) is 6. The monoisotopic (exact) mass is 615 g/mol. The second-order valence-electron chi connectivity index (χ2n) is 7.94. The average Bonchev–Trinajstić information content (AvgIpc) is 3.01. The topological polar surface area (TPSA) is 114 Å². The van der Waals surface area contributed by atoms with Gasteiger partial charge in [0.2, 0.25) is 11.8 Å². The van der Waals surface area contributed by atoms with E-state index in [1.54, 1.807) is 0 Å². The summed E-state index contributed by atoms with van der Waals surface area (Å²) in [5, 5.41) is 5.60. The first-order valence-electron chi connectivity index (χ1n) is 11.5. The SMILES string of the molecule is Cc1ccc(NC(=O)CCOCCOCCNC(=O)CCCCCN2C(=O)C(Br)=C(Br)C2=O)cc1. The van der Waals surface area contributed by atoms with Crippen molar-refractivity contribution in [2.75, 3.05) is 44.8 Å². The van der Waals surface area contributed by atoms with Crippen molar-refractivity contribution in [2.24, 2.45) is 0 Å². The number of rotatable bonds is 16. The smallest absolute Gasteiger partial charge is 0.269 e. The zero-order valence-corrected chi connectivity index (χ0v) is 22.9. The van der Waals surface area contributed by atoms with Crippen LogP contribution >= 0.6 is 31.9 Å². The van der Waals surface area contributed by atoms with Gasteiger partial charge in [-0.15, -0.1) is 0 Å². The third-order valence-electron chi connectivity index (χ3n) is 5.09. The lowest BCUT2D eigenvalue weighted by Gasteiger charge is -2.13. The Morgan fingerprint density at radius 3 is 2.11 bits per heavy atom. The van der Waals surface area contributed by atoms with Gasteiger partial charge in [-0.25, -0.2) is 0 Å². The molecule has 0 saturated carbocycles. The van der Waals surface area contributed by atoms with Gasteiger partial charge in [0.05, 0.1) is 32.8 Å². The van der Waals surface area contributed by atoms with Crippen LogP contribution in [0.4, 0.5) is 5.69 Å². The Morgan fingerprint density at radius 1 is 0.829 bits per heavy atom. The van der Waals surface area contributed by atoms with Gasteiger partial charge in [0, 0.05) is 25.2 Å². The molecule has 1 aliphatic rings. The van der Waals surface area contributed by atoms with Crippen LogP contribution in [-0.4, -0.2) is 68.0 Å². The van der Waals surface area contributed by atoms with Crippen LogP contribution in [-0.2, 0) is 28.7 Å². The zero-order valence-electron chi connectivity index (χ0n) is 19.7. The number of aryl methyl sites for hydroxylation is 1. The molecule has 1 aromatic rings. The minimum atomic E-state index is -0.339. The lowest BCUT2D eigenvalue weighted by atomic mass is 10.2. The normalized spacial score (nSPS) is 13.5. The Bertz CT molecular complexity index is 896. The van der Waals surface area contributed by atoms with Gasteiger partial charge in [-0.1, -0.05) is 24.1 Å². The molecule has 0 aliphatic carbocycles. The van der Waals surface area contributed by atoms with Crippen LogP contribution in [0.3, 0.4) is 0 Å². The third-order valence-corrected chi connectivity index (χ3v) is 7.10. The first-order chi connectivity index (χ1) is 16.8. The molecule has 192 valence electrons. The molecule has 1 aromatic carbocycles. The van der Waals surface area contributed by atoms with E-state index in [9.17, 15) is 19.2 Å². The fraction of sp³-hybridized carbons (Fsp3) is 0.500. The number of ether oxygens (including phenoxy) is 2. The van der Waals surface area contributed by atoms with Crippen LogP contribution in [0, 0.1) is 6.92 Å². The Hall–Kier alpha value is -2.08. The highest BCUT2D eigenvalue weighted by molar-refractivity contribution is 9.14. The average molecular weight is 617 g/mol. The number of benzene rings is 1. The largest absolute Gasteiger partial charge is 0.379 e. The molecule has 0 spiro atoms. The van der Waals surface area contributed by atoms with Crippen LogP contribution < -0.4 is 10.6 Å².